The third kappa shape index (κ3) is 24.7. The molecule has 2 aromatic rings. The van der Waals surface area contributed by atoms with Crippen molar-refractivity contribution in [3.8, 4) is 23.0 Å². The summed E-state index contributed by atoms with van der Waals surface area (Å²) >= 11 is 0. The Morgan fingerprint density at radius 3 is 1.20 bits per heavy atom. The van der Waals surface area contributed by atoms with Crippen LogP contribution < -0.4 is 19.7 Å². The van der Waals surface area contributed by atoms with Gasteiger partial charge in [-0.05, 0) is 36.1 Å². The molecule has 0 aliphatic heterocycles. The van der Waals surface area contributed by atoms with E-state index in [2.05, 4.69) is 9.98 Å². The molecule has 2 aromatic carbocycles. The molecule has 0 atom stereocenters. The Balaban J connectivity index is -0.000000392. The number of rotatable bonds is 9. The van der Waals surface area contributed by atoms with Crippen LogP contribution in [0.3, 0.4) is 0 Å². The van der Waals surface area contributed by atoms with Crippen LogP contribution in [0.15, 0.2) is 46.4 Å². The number of aliphatic imine (C=N–C) groups is 2. The normalized spacial score (nSPS) is 9.15. The van der Waals surface area contributed by atoms with E-state index in [-0.39, 0.29) is 66.7 Å². The van der Waals surface area contributed by atoms with Gasteiger partial charge in [0.25, 0.3) is 0 Å². The van der Waals surface area contributed by atoms with Crippen LogP contribution in [0.4, 0.5) is 0 Å². The minimum atomic E-state index is -1.75. The summed E-state index contributed by atoms with van der Waals surface area (Å²) in [4.78, 5) is 33.3. The molecule has 0 spiro atoms. The number of hydrogen-bond acceptors (Lipinski definition) is 15. The number of unbranched alkanes of at least 4 members (excludes halogenated alkanes) is 1. The third-order valence-electron chi connectivity index (χ3n) is 3.74. The van der Waals surface area contributed by atoms with E-state index < -0.39 is 15.3 Å². The van der Waals surface area contributed by atoms with E-state index in [9.17, 15) is 10.2 Å². The van der Waals surface area contributed by atoms with Gasteiger partial charge in [-0.25, -0.2) is 0 Å². The summed E-state index contributed by atoms with van der Waals surface area (Å²) in [6.07, 6.45) is 4.84. The first-order valence-electron chi connectivity index (χ1n) is 9.99. The predicted molar refractivity (Wildman–Crippen MR) is 130 cm³/mol. The summed E-state index contributed by atoms with van der Waals surface area (Å²) < 4.78 is 9.99. The zero-order valence-electron chi connectivity index (χ0n) is 20.6. The molecule has 0 fully saturated rings. The first-order valence-corrected chi connectivity index (χ1v) is 9.99. The van der Waals surface area contributed by atoms with Gasteiger partial charge in [0.05, 0.1) is 29.5 Å². The minimum Gasteiger partial charge on any atom is -0.870 e. The van der Waals surface area contributed by atoms with E-state index in [0.29, 0.717) is 35.7 Å². The minimum absolute atomic E-state index is 0. The van der Waals surface area contributed by atoms with E-state index >= 15 is 0 Å². The standard InChI is InChI=1S/C20H24N2O4.Cu.Dy.3NO3/c1-25-17-9-5-7-15(19(17)23)13-21-11-3-4-12-22-14-16-8-6-10-18(26-2)20(16)24;;;3*2-1(3)4/h5-10,13-14,23-24H,3-4,11-12H2,1-2H3;;;;;/q;+2;+3;3*-1/p-2. The largest absolute Gasteiger partial charge is 3.00 e. The Morgan fingerprint density at radius 2 is 0.950 bits per heavy atom. The van der Waals surface area contributed by atoms with Crippen molar-refractivity contribution >= 4 is 12.4 Å². The maximum atomic E-state index is 11.9. The Hall–Kier alpha value is -3.63. The summed E-state index contributed by atoms with van der Waals surface area (Å²) in [5.41, 5.74) is 1.03. The van der Waals surface area contributed by atoms with Crippen molar-refractivity contribution in [2.24, 2.45) is 9.98 Å². The molecule has 0 saturated heterocycles. The number of hydrogen-bond donors (Lipinski definition) is 0. The van der Waals surface area contributed by atoms with Crippen molar-refractivity contribution in [2.75, 3.05) is 27.3 Å². The van der Waals surface area contributed by atoms with Crippen molar-refractivity contribution in [1.82, 2.24) is 0 Å². The summed E-state index contributed by atoms with van der Waals surface area (Å²) in [7, 11) is 2.94. The van der Waals surface area contributed by atoms with Crippen LogP contribution in [0.5, 0.6) is 23.0 Å². The molecule has 2 radical (unpaired) electrons. The van der Waals surface area contributed by atoms with E-state index in [4.69, 9.17) is 55.4 Å². The molecule has 18 nitrogen and oxygen atoms in total. The van der Waals surface area contributed by atoms with Crippen molar-refractivity contribution < 1.29 is 90.2 Å². The molecule has 2 rings (SSSR count). The molecule has 0 unspecified atom stereocenters. The average Bonchev–Trinajstić information content (AvgIpc) is 2.81. The fourth-order valence-corrected chi connectivity index (χ4v) is 2.32. The number of ether oxygens (including phenoxy) is 2. The molecule has 0 aromatic heterocycles. The fourth-order valence-electron chi connectivity index (χ4n) is 2.32. The van der Waals surface area contributed by atoms with E-state index in [1.165, 1.54) is 14.2 Å². The van der Waals surface area contributed by atoms with Gasteiger partial charge in [0.2, 0.25) is 0 Å². The van der Waals surface area contributed by atoms with E-state index in [1.54, 1.807) is 48.8 Å². The van der Waals surface area contributed by atoms with Crippen molar-refractivity contribution in [3.05, 3.63) is 93.5 Å². The number of benzene rings is 2. The molecule has 226 valence electrons. The first kappa shape index (κ1) is 43.4. The molecule has 0 saturated carbocycles. The second kappa shape index (κ2) is 27.0. The van der Waals surface area contributed by atoms with Crippen molar-refractivity contribution in [3.63, 3.8) is 0 Å². The maximum Gasteiger partial charge on any atom is 3.00 e. The van der Waals surface area contributed by atoms with Crippen LogP contribution in [-0.4, -0.2) is 55.0 Å². The van der Waals surface area contributed by atoms with Crippen LogP contribution in [0, 0.1) is 84.1 Å². The summed E-state index contributed by atoms with van der Waals surface area (Å²) in [5, 5.41) is 68.1. The molecular formula is C20H22CuDyN5O13. The number of nitrogens with zero attached hydrogens (tertiary/aromatic N) is 5. The molecule has 40 heavy (non-hydrogen) atoms. The first-order chi connectivity index (χ1) is 17.9. The summed E-state index contributed by atoms with van der Waals surface area (Å²) in [5.74, 6) is 0.322. The van der Waals surface area contributed by atoms with Crippen molar-refractivity contribution in [2.45, 2.75) is 12.8 Å². The van der Waals surface area contributed by atoms with Crippen LogP contribution >= 0.6 is 0 Å². The van der Waals surface area contributed by atoms with Gasteiger partial charge in [-0.3, -0.25) is 9.98 Å². The smallest absolute Gasteiger partial charge is 0.870 e. The van der Waals surface area contributed by atoms with Gasteiger partial charge in [0.1, 0.15) is 11.5 Å². The summed E-state index contributed by atoms with van der Waals surface area (Å²) in [6, 6.07) is 10.2. The Morgan fingerprint density at radius 1 is 0.675 bits per heavy atom. The average molecular weight is 766 g/mol. The quantitative estimate of drug-likeness (QED) is 0.115. The van der Waals surface area contributed by atoms with Gasteiger partial charge >= 0.3 is 55.2 Å². The number of para-hydroxylation sites is 2. The fraction of sp³-hybridized carbons (Fsp3) is 0.300. The third-order valence-corrected chi connectivity index (χ3v) is 3.74. The van der Waals surface area contributed by atoms with Gasteiger partial charge in [0.15, 0.2) is 0 Å². The maximum absolute atomic E-state index is 11.9. The second-order valence-corrected chi connectivity index (χ2v) is 6.21. The Labute approximate surface area is 267 Å². The van der Waals surface area contributed by atoms with E-state index in [0.717, 1.165) is 12.8 Å². The molecule has 0 amide bonds. The Bertz CT molecular complexity index is 971. The number of methoxy groups -OCH3 is 2. The second-order valence-electron chi connectivity index (χ2n) is 6.21. The van der Waals surface area contributed by atoms with Crippen molar-refractivity contribution in [1.29, 1.82) is 0 Å². The van der Waals surface area contributed by atoms with Gasteiger partial charge in [-0.2, -0.15) is 0 Å². The molecule has 0 bridgehead atoms. The molecule has 0 N–H and O–H groups in total. The topological polar surface area (TPSA) is 288 Å². The van der Waals surface area contributed by atoms with Gasteiger partial charge in [-0.1, -0.05) is 35.8 Å². The van der Waals surface area contributed by atoms with Gasteiger partial charge in [0, 0.05) is 25.5 Å². The van der Waals surface area contributed by atoms with Crippen LogP contribution in [-0.2, 0) is 17.1 Å². The molecular weight excluding hydrogens is 744 g/mol. The van der Waals surface area contributed by atoms with E-state index in [1.807, 2.05) is 0 Å². The van der Waals surface area contributed by atoms with Crippen LogP contribution in [0.1, 0.15) is 24.0 Å². The van der Waals surface area contributed by atoms with Crippen LogP contribution in [0.2, 0.25) is 0 Å². The SMILES string of the molecule is COc1cccc(C=NCCCCN=Cc2cccc(OC)c2[O-])c1[O-].O=[N+]([O-])[O-].O=[N+]([O-])[O-].O=[N+]([O-])[O-].[Cu+2].[Dy+3]. The monoisotopic (exact) mass is 767 g/mol. The Kier molecular flexibility index (Phi) is 29.3. The van der Waals surface area contributed by atoms with Crippen LogP contribution in [0.25, 0.3) is 0 Å². The predicted octanol–water partition coefficient (Wildman–Crippen LogP) is 1.45. The zero-order chi connectivity index (χ0) is 29.5. The summed E-state index contributed by atoms with van der Waals surface area (Å²) in [6.45, 7) is 1.22. The molecule has 0 aliphatic carbocycles. The van der Waals surface area contributed by atoms with Gasteiger partial charge in [-0.15, -0.1) is 0 Å². The molecule has 0 aliphatic rings. The zero-order valence-corrected chi connectivity index (χ0v) is 23.6. The molecule has 20 heteroatoms. The molecule has 0 heterocycles. The van der Waals surface area contributed by atoms with Gasteiger partial charge < -0.3 is 65.7 Å².